The third-order valence-electron chi connectivity index (χ3n) is 3.97. The Balaban J connectivity index is 2.16. The van der Waals surface area contributed by atoms with E-state index in [1.165, 1.54) is 0 Å². The Labute approximate surface area is 160 Å². The van der Waals surface area contributed by atoms with Gasteiger partial charge in [0.2, 0.25) is 0 Å². The van der Waals surface area contributed by atoms with Crippen LogP contribution in [-0.2, 0) is 11.3 Å². The molecule has 1 unspecified atom stereocenters. The molecule has 1 amide bonds. The predicted octanol–water partition coefficient (Wildman–Crippen LogP) is 5.34. The van der Waals surface area contributed by atoms with Crippen molar-refractivity contribution in [1.82, 2.24) is 9.80 Å². The lowest BCUT2D eigenvalue weighted by molar-refractivity contribution is -0.0114. The van der Waals surface area contributed by atoms with E-state index < -0.39 is 5.60 Å². The SMILES string of the molecule is CCN(C(=O)OC(C)(C)C)C1CC=CCN1Cc1ccc(Cl)c(Cl)c1. The molecule has 0 fully saturated rings. The summed E-state index contributed by atoms with van der Waals surface area (Å²) in [5.74, 6) is 0. The fourth-order valence-corrected chi connectivity index (χ4v) is 3.17. The number of hydrogen-bond donors (Lipinski definition) is 0. The molecule has 0 aliphatic carbocycles. The van der Waals surface area contributed by atoms with Crippen LogP contribution in [0.5, 0.6) is 0 Å². The number of amides is 1. The number of benzene rings is 1. The average molecular weight is 385 g/mol. The molecule has 1 aliphatic heterocycles. The molecule has 0 saturated carbocycles. The maximum absolute atomic E-state index is 12.6. The lowest BCUT2D eigenvalue weighted by Gasteiger charge is -2.40. The van der Waals surface area contributed by atoms with Crippen LogP contribution in [0.3, 0.4) is 0 Å². The van der Waals surface area contributed by atoms with E-state index >= 15 is 0 Å². The second kappa shape index (κ2) is 8.43. The summed E-state index contributed by atoms with van der Waals surface area (Å²) in [5, 5.41) is 1.09. The molecule has 138 valence electrons. The number of halogens is 2. The van der Waals surface area contributed by atoms with E-state index in [1.807, 2.05) is 39.8 Å². The first-order valence-electron chi connectivity index (χ1n) is 8.54. The molecule has 1 aliphatic rings. The van der Waals surface area contributed by atoms with Gasteiger partial charge >= 0.3 is 6.09 Å². The fraction of sp³-hybridized carbons (Fsp3) is 0.526. The van der Waals surface area contributed by atoms with Crippen molar-refractivity contribution in [2.24, 2.45) is 0 Å². The molecule has 0 N–H and O–H groups in total. The van der Waals surface area contributed by atoms with Crippen molar-refractivity contribution < 1.29 is 9.53 Å². The Morgan fingerprint density at radius 1 is 1.28 bits per heavy atom. The Kier molecular flexibility index (Phi) is 6.78. The smallest absolute Gasteiger partial charge is 0.411 e. The van der Waals surface area contributed by atoms with Gasteiger partial charge in [-0.2, -0.15) is 0 Å². The van der Waals surface area contributed by atoms with Crippen molar-refractivity contribution in [2.45, 2.75) is 52.4 Å². The van der Waals surface area contributed by atoms with Gasteiger partial charge in [0, 0.05) is 19.6 Å². The van der Waals surface area contributed by atoms with Gasteiger partial charge in [0.05, 0.1) is 16.2 Å². The number of hydrogen-bond acceptors (Lipinski definition) is 3. The van der Waals surface area contributed by atoms with Gasteiger partial charge in [0.25, 0.3) is 0 Å². The van der Waals surface area contributed by atoms with Gasteiger partial charge < -0.3 is 4.74 Å². The maximum atomic E-state index is 12.6. The normalized spacial score (nSPS) is 18.2. The Morgan fingerprint density at radius 3 is 2.60 bits per heavy atom. The van der Waals surface area contributed by atoms with E-state index in [0.29, 0.717) is 23.1 Å². The first-order valence-corrected chi connectivity index (χ1v) is 9.29. The van der Waals surface area contributed by atoms with Crippen LogP contribution in [0.2, 0.25) is 10.0 Å². The summed E-state index contributed by atoms with van der Waals surface area (Å²) in [7, 11) is 0. The lowest BCUT2D eigenvalue weighted by atomic mass is 10.1. The van der Waals surface area contributed by atoms with E-state index in [2.05, 4.69) is 17.1 Å². The highest BCUT2D eigenvalue weighted by Gasteiger charge is 2.31. The van der Waals surface area contributed by atoms with Crippen LogP contribution >= 0.6 is 23.2 Å². The van der Waals surface area contributed by atoms with Crippen molar-refractivity contribution in [3.05, 3.63) is 46.0 Å². The Morgan fingerprint density at radius 2 is 2.00 bits per heavy atom. The molecule has 0 aromatic heterocycles. The number of nitrogens with zero attached hydrogens (tertiary/aromatic N) is 2. The van der Waals surface area contributed by atoms with Crippen molar-refractivity contribution in [2.75, 3.05) is 13.1 Å². The molecular weight excluding hydrogens is 359 g/mol. The minimum Gasteiger partial charge on any atom is -0.444 e. The monoisotopic (exact) mass is 384 g/mol. The largest absolute Gasteiger partial charge is 0.444 e. The summed E-state index contributed by atoms with van der Waals surface area (Å²) in [4.78, 5) is 16.6. The third-order valence-corrected chi connectivity index (χ3v) is 4.71. The van der Waals surface area contributed by atoms with E-state index in [1.54, 1.807) is 11.0 Å². The van der Waals surface area contributed by atoms with E-state index in [0.717, 1.165) is 18.5 Å². The molecule has 1 heterocycles. The lowest BCUT2D eigenvalue weighted by Crippen LogP contribution is -2.52. The summed E-state index contributed by atoms with van der Waals surface area (Å²) in [6, 6.07) is 5.65. The standard InChI is InChI=1S/C19H26Cl2N2O2/c1-5-23(18(24)25-19(2,3)4)17-8-6-7-11-22(17)13-14-9-10-15(20)16(21)12-14/h6-7,9-10,12,17H,5,8,11,13H2,1-4H3. The van der Waals surface area contributed by atoms with Gasteiger partial charge in [0.15, 0.2) is 0 Å². The molecule has 4 nitrogen and oxygen atoms in total. The van der Waals surface area contributed by atoms with Gasteiger partial charge in [0.1, 0.15) is 5.60 Å². The molecule has 1 aromatic carbocycles. The van der Waals surface area contributed by atoms with Crippen LogP contribution in [0.4, 0.5) is 4.79 Å². The highest BCUT2D eigenvalue weighted by molar-refractivity contribution is 6.42. The van der Waals surface area contributed by atoms with Crippen molar-refractivity contribution in [3.63, 3.8) is 0 Å². The van der Waals surface area contributed by atoms with Gasteiger partial charge in [-0.15, -0.1) is 0 Å². The van der Waals surface area contributed by atoms with Crippen molar-refractivity contribution >= 4 is 29.3 Å². The van der Waals surface area contributed by atoms with Crippen LogP contribution in [0, 0.1) is 0 Å². The van der Waals surface area contributed by atoms with Crippen LogP contribution in [0.15, 0.2) is 30.4 Å². The minimum absolute atomic E-state index is 0.0423. The second-order valence-corrected chi connectivity index (χ2v) is 7.95. The summed E-state index contributed by atoms with van der Waals surface area (Å²) >= 11 is 12.1. The zero-order valence-electron chi connectivity index (χ0n) is 15.3. The number of carbonyl (C=O) groups is 1. The molecule has 0 bridgehead atoms. The first kappa shape index (κ1) is 20.1. The van der Waals surface area contributed by atoms with E-state index in [9.17, 15) is 4.79 Å². The van der Waals surface area contributed by atoms with Crippen LogP contribution in [0.25, 0.3) is 0 Å². The highest BCUT2D eigenvalue weighted by Crippen LogP contribution is 2.26. The molecule has 2 rings (SSSR count). The topological polar surface area (TPSA) is 32.8 Å². The predicted molar refractivity (Wildman–Crippen MR) is 103 cm³/mol. The van der Waals surface area contributed by atoms with Gasteiger partial charge in [-0.3, -0.25) is 9.80 Å². The maximum Gasteiger partial charge on any atom is 0.411 e. The summed E-state index contributed by atoms with van der Waals surface area (Å²) < 4.78 is 5.58. The zero-order valence-corrected chi connectivity index (χ0v) is 16.8. The molecule has 0 spiro atoms. The van der Waals surface area contributed by atoms with E-state index in [4.69, 9.17) is 27.9 Å². The molecular formula is C19H26Cl2N2O2. The highest BCUT2D eigenvalue weighted by atomic mass is 35.5. The third kappa shape index (κ3) is 5.63. The number of ether oxygens (including phenoxy) is 1. The van der Waals surface area contributed by atoms with Gasteiger partial charge in [-0.25, -0.2) is 4.79 Å². The zero-order chi connectivity index (χ0) is 18.6. The minimum atomic E-state index is -0.510. The molecule has 0 saturated heterocycles. The molecule has 1 aromatic rings. The quantitative estimate of drug-likeness (QED) is 0.656. The molecule has 25 heavy (non-hydrogen) atoms. The summed E-state index contributed by atoms with van der Waals surface area (Å²) in [6.45, 7) is 9.66. The Hall–Kier alpha value is -1.23. The first-order chi connectivity index (χ1) is 11.7. The summed E-state index contributed by atoms with van der Waals surface area (Å²) in [6.07, 6.45) is 4.68. The fourth-order valence-electron chi connectivity index (χ4n) is 2.85. The molecule has 6 heteroatoms. The molecule has 0 radical (unpaired) electrons. The van der Waals surface area contributed by atoms with Crippen LogP contribution in [0.1, 0.15) is 39.7 Å². The Bertz CT molecular complexity index is 641. The molecule has 1 atom stereocenters. The van der Waals surface area contributed by atoms with Crippen LogP contribution in [-0.4, -0.2) is 40.7 Å². The van der Waals surface area contributed by atoms with Crippen molar-refractivity contribution in [1.29, 1.82) is 0 Å². The second-order valence-electron chi connectivity index (χ2n) is 7.13. The van der Waals surface area contributed by atoms with Gasteiger partial charge in [-0.1, -0.05) is 41.4 Å². The number of carbonyl (C=O) groups excluding carboxylic acids is 1. The summed E-state index contributed by atoms with van der Waals surface area (Å²) in [5.41, 5.74) is 0.554. The average Bonchev–Trinajstić information content (AvgIpc) is 2.51. The van der Waals surface area contributed by atoms with Crippen molar-refractivity contribution in [3.8, 4) is 0 Å². The van der Waals surface area contributed by atoms with Crippen LogP contribution < -0.4 is 0 Å². The van der Waals surface area contributed by atoms with E-state index in [-0.39, 0.29) is 12.3 Å². The van der Waals surface area contributed by atoms with Gasteiger partial charge in [-0.05, 0) is 51.8 Å². The number of rotatable bonds is 4.